The Morgan fingerprint density at radius 2 is 1.93 bits per heavy atom. The normalized spacial score (nSPS) is 36.6. The number of hydrogen-bond acceptors (Lipinski definition) is 2. The maximum absolute atomic E-state index is 3.85. The maximum Gasteiger partial charge on any atom is 0.0195 e. The lowest BCUT2D eigenvalue weighted by atomic mass is 9.78. The summed E-state index contributed by atoms with van der Waals surface area (Å²) in [6.07, 6.45) is 8.64. The molecule has 0 aromatic rings. The fourth-order valence-corrected chi connectivity index (χ4v) is 3.11. The van der Waals surface area contributed by atoms with Gasteiger partial charge in [0.05, 0.1) is 0 Å². The summed E-state index contributed by atoms with van der Waals surface area (Å²) >= 11 is 0. The summed E-state index contributed by atoms with van der Waals surface area (Å²) in [5.74, 6) is 0.994. The average Bonchev–Trinajstić information content (AvgIpc) is 2.26. The average molecular weight is 210 g/mol. The Morgan fingerprint density at radius 3 is 2.73 bits per heavy atom. The molecule has 2 fully saturated rings. The number of nitrogens with one attached hydrogen (secondary N) is 2. The zero-order chi connectivity index (χ0) is 10.7. The summed E-state index contributed by atoms with van der Waals surface area (Å²) in [5, 5.41) is 7.40. The first-order valence-electron chi connectivity index (χ1n) is 6.75. The second kappa shape index (κ2) is 5.31. The van der Waals surface area contributed by atoms with Crippen LogP contribution < -0.4 is 10.6 Å². The Morgan fingerprint density at radius 1 is 1.13 bits per heavy atom. The van der Waals surface area contributed by atoms with Crippen molar-refractivity contribution in [2.75, 3.05) is 6.54 Å². The summed E-state index contributed by atoms with van der Waals surface area (Å²) in [6.45, 7) is 5.61. The molecule has 2 rings (SSSR count). The summed E-state index contributed by atoms with van der Waals surface area (Å²) in [5.41, 5.74) is 0. The van der Waals surface area contributed by atoms with Gasteiger partial charge in [-0.25, -0.2) is 0 Å². The van der Waals surface area contributed by atoms with Crippen LogP contribution >= 0.6 is 0 Å². The fraction of sp³-hybridized carbons (Fsp3) is 1.00. The highest BCUT2D eigenvalue weighted by Gasteiger charge is 2.31. The van der Waals surface area contributed by atoms with E-state index in [0.717, 1.165) is 24.5 Å². The molecule has 2 aliphatic rings. The smallest absolute Gasteiger partial charge is 0.0195 e. The lowest BCUT2D eigenvalue weighted by Gasteiger charge is -2.40. The third-order valence-electron chi connectivity index (χ3n) is 4.02. The molecule has 2 N–H and O–H groups in total. The lowest BCUT2D eigenvalue weighted by Crippen LogP contribution is -2.52. The standard InChI is InChI=1S/C13H26N2/c1-10(2)14-9-12-8-7-11-5-3-4-6-13(11)15-12/h10-15H,3-9H2,1-2H3. The molecule has 2 heteroatoms. The van der Waals surface area contributed by atoms with Crippen LogP contribution in [-0.4, -0.2) is 24.7 Å². The number of rotatable bonds is 3. The molecule has 3 atom stereocenters. The Bertz CT molecular complexity index is 191. The Hall–Kier alpha value is -0.0800. The fourth-order valence-electron chi connectivity index (χ4n) is 3.11. The monoisotopic (exact) mass is 210 g/mol. The molecule has 1 saturated heterocycles. The predicted octanol–water partition coefficient (Wildman–Crippen LogP) is 2.30. The molecule has 1 heterocycles. The molecule has 0 bridgehead atoms. The van der Waals surface area contributed by atoms with Crippen LogP contribution in [0.1, 0.15) is 52.4 Å². The Balaban J connectivity index is 1.75. The van der Waals surface area contributed by atoms with Gasteiger partial charge < -0.3 is 10.6 Å². The molecule has 1 saturated carbocycles. The van der Waals surface area contributed by atoms with E-state index in [2.05, 4.69) is 24.5 Å². The zero-order valence-corrected chi connectivity index (χ0v) is 10.3. The Labute approximate surface area is 94.2 Å². The quantitative estimate of drug-likeness (QED) is 0.747. The molecule has 15 heavy (non-hydrogen) atoms. The van der Waals surface area contributed by atoms with Crippen LogP contribution in [0.25, 0.3) is 0 Å². The van der Waals surface area contributed by atoms with Crippen molar-refractivity contribution >= 4 is 0 Å². The van der Waals surface area contributed by atoms with Crippen molar-refractivity contribution in [1.29, 1.82) is 0 Å². The largest absolute Gasteiger partial charge is 0.313 e. The van der Waals surface area contributed by atoms with Crippen molar-refractivity contribution < 1.29 is 0 Å². The molecular formula is C13H26N2. The van der Waals surface area contributed by atoms with Crippen molar-refractivity contribution in [1.82, 2.24) is 10.6 Å². The summed E-state index contributed by atoms with van der Waals surface area (Å²) in [4.78, 5) is 0. The van der Waals surface area contributed by atoms with Crippen molar-refractivity contribution in [2.24, 2.45) is 5.92 Å². The molecule has 0 radical (unpaired) electrons. The highest BCUT2D eigenvalue weighted by molar-refractivity contribution is 4.90. The number of fused-ring (bicyclic) bond motifs is 1. The van der Waals surface area contributed by atoms with Crippen molar-refractivity contribution in [3.8, 4) is 0 Å². The summed E-state index contributed by atoms with van der Waals surface area (Å²) in [6, 6.07) is 2.19. The third-order valence-corrected chi connectivity index (χ3v) is 4.02. The topological polar surface area (TPSA) is 24.1 Å². The van der Waals surface area contributed by atoms with Crippen molar-refractivity contribution in [2.45, 2.75) is 70.5 Å². The first kappa shape index (κ1) is 11.4. The van der Waals surface area contributed by atoms with E-state index in [9.17, 15) is 0 Å². The van der Waals surface area contributed by atoms with E-state index in [1.54, 1.807) is 0 Å². The highest BCUT2D eigenvalue weighted by Crippen LogP contribution is 2.31. The first-order valence-corrected chi connectivity index (χ1v) is 6.75. The van der Waals surface area contributed by atoms with E-state index in [4.69, 9.17) is 0 Å². The second-order valence-electron chi connectivity index (χ2n) is 5.65. The lowest BCUT2D eigenvalue weighted by molar-refractivity contribution is 0.173. The van der Waals surface area contributed by atoms with Crippen molar-refractivity contribution in [3.05, 3.63) is 0 Å². The Kier molecular flexibility index (Phi) is 4.04. The van der Waals surface area contributed by atoms with E-state index in [-0.39, 0.29) is 0 Å². The van der Waals surface area contributed by atoms with Crippen LogP contribution in [-0.2, 0) is 0 Å². The van der Waals surface area contributed by atoms with Gasteiger partial charge in [0.15, 0.2) is 0 Å². The van der Waals surface area contributed by atoms with E-state index >= 15 is 0 Å². The van der Waals surface area contributed by atoms with Gasteiger partial charge in [-0.15, -0.1) is 0 Å². The van der Waals surface area contributed by atoms with Crippen LogP contribution in [0.2, 0.25) is 0 Å². The predicted molar refractivity (Wildman–Crippen MR) is 65.0 cm³/mol. The zero-order valence-electron chi connectivity index (χ0n) is 10.3. The molecule has 1 aliphatic carbocycles. The third kappa shape index (κ3) is 3.18. The molecular weight excluding hydrogens is 184 g/mol. The minimum Gasteiger partial charge on any atom is -0.313 e. The van der Waals surface area contributed by atoms with Gasteiger partial charge in [-0.1, -0.05) is 26.7 Å². The van der Waals surface area contributed by atoms with Gasteiger partial charge in [0, 0.05) is 24.7 Å². The molecule has 0 aromatic heterocycles. The van der Waals surface area contributed by atoms with E-state index < -0.39 is 0 Å². The van der Waals surface area contributed by atoms with Crippen molar-refractivity contribution in [3.63, 3.8) is 0 Å². The van der Waals surface area contributed by atoms with E-state index in [1.807, 2.05) is 0 Å². The van der Waals surface area contributed by atoms with Gasteiger partial charge in [0.25, 0.3) is 0 Å². The summed E-state index contributed by atoms with van der Waals surface area (Å²) in [7, 11) is 0. The van der Waals surface area contributed by atoms with E-state index in [0.29, 0.717) is 6.04 Å². The van der Waals surface area contributed by atoms with Crippen LogP contribution in [0.4, 0.5) is 0 Å². The summed E-state index contributed by atoms with van der Waals surface area (Å²) < 4.78 is 0. The first-order chi connectivity index (χ1) is 7.25. The minimum absolute atomic E-state index is 0.621. The molecule has 0 amide bonds. The molecule has 0 spiro atoms. The van der Waals surface area contributed by atoms with Crippen LogP contribution in [0.3, 0.4) is 0 Å². The molecule has 1 aliphatic heterocycles. The molecule has 2 nitrogen and oxygen atoms in total. The van der Waals surface area contributed by atoms with Crippen LogP contribution in [0.5, 0.6) is 0 Å². The highest BCUT2D eigenvalue weighted by atomic mass is 15.0. The minimum atomic E-state index is 0.621. The molecule has 3 unspecified atom stereocenters. The van der Waals surface area contributed by atoms with Gasteiger partial charge in [-0.3, -0.25) is 0 Å². The second-order valence-corrected chi connectivity index (χ2v) is 5.65. The van der Waals surface area contributed by atoms with Gasteiger partial charge in [-0.2, -0.15) is 0 Å². The van der Waals surface area contributed by atoms with E-state index in [1.165, 1.54) is 38.5 Å². The van der Waals surface area contributed by atoms with Gasteiger partial charge in [0.1, 0.15) is 0 Å². The molecule has 88 valence electrons. The van der Waals surface area contributed by atoms with Crippen LogP contribution in [0.15, 0.2) is 0 Å². The molecule has 0 aromatic carbocycles. The SMILES string of the molecule is CC(C)NCC1CCC2CCCCC2N1. The van der Waals surface area contributed by atoms with Gasteiger partial charge in [0.2, 0.25) is 0 Å². The van der Waals surface area contributed by atoms with Crippen LogP contribution in [0, 0.1) is 5.92 Å². The maximum atomic E-state index is 3.85. The van der Waals surface area contributed by atoms with Gasteiger partial charge >= 0.3 is 0 Å². The number of hydrogen-bond donors (Lipinski definition) is 2. The van der Waals surface area contributed by atoms with Gasteiger partial charge in [-0.05, 0) is 31.6 Å². The number of piperidine rings is 1.